The Hall–Kier alpha value is -1.83. The van der Waals surface area contributed by atoms with Crippen LogP contribution in [0.4, 0.5) is 4.39 Å². The molecule has 1 nitrogen and oxygen atoms in total. The Morgan fingerprint density at radius 1 is 0.889 bits per heavy atom. The summed E-state index contributed by atoms with van der Waals surface area (Å²) in [7, 11) is 0. The predicted molar refractivity (Wildman–Crippen MR) is 71.5 cm³/mol. The van der Waals surface area contributed by atoms with E-state index in [1.807, 2.05) is 12.1 Å². The van der Waals surface area contributed by atoms with Gasteiger partial charge in [-0.25, -0.2) is 4.39 Å². The Labute approximate surface area is 107 Å². The molecule has 94 valence electrons. The first-order valence-electron chi connectivity index (χ1n) is 6.16. The van der Waals surface area contributed by atoms with Crippen LogP contribution in [0, 0.1) is 11.7 Å². The molecule has 0 spiro atoms. The van der Waals surface area contributed by atoms with Crippen LogP contribution < -0.4 is 4.74 Å². The molecule has 0 N–H and O–H groups in total. The third kappa shape index (κ3) is 3.59. The van der Waals surface area contributed by atoms with Gasteiger partial charge in [0.1, 0.15) is 17.3 Å². The summed E-state index contributed by atoms with van der Waals surface area (Å²) in [4.78, 5) is 0. The van der Waals surface area contributed by atoms with Gasteiger partial charge in [-0.3, -0.25) is 0 Å². The van der Waals surface area contributed by atoms with Gasteiger partial charge in [0, 0.05) is 0 Å². The van der Waals surface area contributed by atoms with Crippen molar-refractivity contribution < 1.29 is 9.13 Å². The first-order valence-corrected chi connectivity index (χ1v) is 6.16. The Kier molecular flexibility index (Phi) is 3.98. The molecule has 2 aromatic carbocycles. The van der Waals surface area contributed by atoms with Gasteiger partial charge in [-0.1, -0.05) is 26.0 Å². The Morgan fingerprint density at radius 3 is 1.89 bits per heavy atom. The summed E-state index contributed by atoms with van der Waals surface area (Å²) in [6, 6.07) is 14.1. The highest BCUT2D eigenvalue weighted by atomic mass is 19.1. The largest absolute Gasteiger partial charge is 0.457 e. The van der Waals surface area contributed by atoms with E-state index in [4.69, 9.17) is 4.74 Å². The Balaban J connectivity index is 2.04. The molecule has 0 unspecified atom stereocenters. The topological polar surface area (TPSA) is 9.23 Å². The summed E-state index contributed by atoms with van der Waals surface area (Å²) in [6.07, 6.45) is 1.07. The van der Waals surface area contributed by atoms with Gasteiger partial charge in [0.15, 0.2) is 0 Å². The molecule has 2 aromatic rings. The van der Waals surface area contributed by atoms with Crippen molar-refractivity contribution in [3.8, 4) is 11.5 Å². The van der Waals surface area contributed by atoms with Gasteiger partial charge >= 0.3 is 0 Å². The second kappa shape index (κ2) is 5.67. The SMILES string of the molecule is CC(C)Cc1ccc(Oc2ccc(F)cc2)cc1. The van der Waals surface area contributed by atoms with Crippen LogP contribution in [0.15, 0.2) is 48.5 Å². The molecule has 0 atom stereocenters. The maximum atomic E-state index is 12.7. The Morgan fingerprint density at radius 2 is 1.39 bits per heavy atom. The number of halogens is 1. The highest BCUT2D eigenvalue weighted by molar-refractivity contribution is 5.33. The second-order valence-electron chi connectivity index (χ2n) is 4.80. The first kappa shape index (κ1) is 12.6. The molecule has 0 aliphatic carbocycles. The molecule has 18 heavy (non-hydrogen) atoms. The fraction of sp³-hybridized carbons (Fsp3) is 0.250. The average Bonchev–Trinajstić information content (AvgIpc) is 2.34. The van der Waals surface area contributed by atoms with E-state index in [1.165, 1.54) is 17.7 Å². The Bertz CT molecular complexity index is 486. The standard InChI is InChI=1S/C16H17FO/c1-12(2)11-13-3-7-15(8-4-13)18-16-9-5-14(17)6-10-16/h3-10,12H,11H2,1-2H3. The minimum absolute atomic E-state index is 0.255. The van der Waals surface area contributed by atoms with E-state index in [-0.39, 0.29) is 5.82 Å². The minimum atomic E-state index is -0.255. The van der Waals surface area contributed by atoms with Crippen molar-refractivity contribution >= 4 is 0 Å². The first-order chi connectivity index (χ1) is 8.63. The fourth-order valence-electron chi connectivity index (χ4n) is 1.80. The summed E-state index contributed by atoms with van der Waals surface area (Å²) >= 11 is 0. The highest BCUT2D eigenvalue weighted by Gasteiger charge is 2.00. The van der Waals surface area contributed by atoms with Gasteiger partial charge in [-0.2, -0.15) is 0 Å². The van der Waals surface area contributed by atoms with Crippen LogP contribution in [-0.2, 0) is 6.42 Å². The van der Waals surface area contributed by atoms with Crippen LogP contribution in [0.3, 0.4) is 0 Å². The predicted octanol–water partition coefficient (Wildman–Crippen LogP) is 4.82. The fourth-order valence-corrected chi connectivity index (χ4v) is 1.80. The third-order valence-corrected chi connectivity index (χ3v) is 2.62. The van der Waals surface area contributed by atoms with Crippen LogP contribution in [0.5, 0.6) is 11.5 Å². The number of ether oxygens (including phenoxy) is 1. The quantitative estimate of drug-likeness (QED) is 0.749. The zero-order valence-corrected chi connectivity index (χ0v) is 10.7. The van der Waals surface area contributed by atoms with E-state index >= 15 is 0 Å². The molecule has 0 aliphatic heterocycles. The second-order valence-corrected chi connectivity index (χ2v) is 4.80. The van der Waals surface area contributed by atoms with Crippen molar-refractivity contribution in [2.24, 2.45) is 5.92 Å². The van der Waals surface area contributed by atoms with Gasteiger partial charge in [0.2, 0.25) is 0 Å². The molecule has 0 saturated heterocycles. The van der Waals surface area contributed by atoms with Crippen molar-refractivity contribution in [1.29, 1.82) is 0 Å². The average molecular weight is 244 g/mol. The van der Waals surface area contributed by atoms with Crippen LogP contribution in [-0.4, -0.2) is 0 Å². The lowest BCUT2D eigenvalue weighted by atomic mass is 10.0. The maximum Gasteiger partial charge on any atom is 0.127 e. The van der Waals surface area contributed by atoms with E-state index in [1.54, 1.807) is 12.1 Å². The number of hydrogen-bond donors (Lipinski definition) is 0. The molecular weight excluding hydrogens is 227 g/mol. The molecule has 0 bridgehead atoms. The lowest BCUT2D eigenvalue weighted by Gasteiger charge is -2.08. The maximum absolute atomic E-state index is 12.7. The monoisotopic (exact) mass is 244 g/mol. The molecule has 0 heterocycles. The highest BCUT2D eigenvalue weighted by Crippen LogP contribution is 2.22. The van der Waals surface area contributed by atoms with E-state index in [2.05, 4.69) is 26.0 Å². The van der Waals surface area contributed by atoms with Crippen molar-refractivity contribution in [3.05, 3.63) is 59.9 Å². The van der Waals surface area contributed by atoms with E-state index in [9.17, 15) is 4.39 Å². The van der Waals surface area contributed by atoms with Crippen molar-refractivity contribution in [2.45, 2.75) is 20.3 Å². The molecule has 0 fully saturated rings. The molecule has 2 rings (SSSR count). The van der Waals surface area contributed by atoms with E-state index in [0.717, 1.165) is 12.2 Å². The van der Waals surface area contributed by atoms with E-state index < -0.39 is 0 Å². The van der Waals surface area contributed by atoms with E-state index in [0.29, 0.717) is 11.7 Å². The normalized spacial score (nSPS) is 10.7. The zero-order valence-electron chi connectivity index (χ0n) is 10.7. The van der Waals surface area contributed by atoms with Gasteiger partial charge in [-0.15, -0.1) is 0 Å². The van der Waals surface area contributed by atoms with Gasteiger partial charge in [-0.05, 0) is 54.3 Å². The van der Waals surface area contributed by atoms with Crippen LogP contribution >= 0.6 is 0 Å². The lowest BCUT2D eigenvalue weighted by Crippen LogP contribution is -1.93. The summed E-state index contributed by atoms with van der Waals surface area (Å²) in [5.41, 5.74) is 1.30. The van der Waals surface area contributed by atoms with Gasteiger partial charge in [0.05, 0.1) is 0 Å². The van der Waals surface area contributed by atoms with Crippen LogP contribution in [0.25, 0.3) is 0 Å². The summed E-state index contributed by atoms with van der Waals surface area (Å²) < 4.78 is 18.4. The van der Waals surface area contributed by atoms with Gasteiger partial charge < -0.3 is 4.74 Å². The molecule has 2 heteroatoms. The minimum Gasteiger partial charge on any atom is -0.457 e. The number of benzene rings is 2. The summed E-state index contributed by atoms with van der Waals surface area (Å²) in [5.74, 6) is 1.81. The van der Waals surface area contributed by atoms with Crippen LogP contribution in [0.1, 0.15) is 19.4 Å². The molecule has 0 amide bonds. The lowest BCUT2D eigenvalue weighted by molar-refractivity contribution is 0.480. The number of hydrogen-bond acceptors (Lipinski definition) is 1. The molecule has 0 aliphatic rings. The van der Waals surface area contributed by atoms with Crippen molar-refractivity contribution in [2.75, 3.05) is 0 Å². The molecule has 0 aromatic heterocycles. The number of rotatable bonds is 4. The molecule has 0 radical (unpaired) electrons. The zero-order chi connectivity index (χ0) is 13.0. The van der Waals surface area contributed by atoms with Gasteiger partial charge in [0.25, 0.3) is 0 Å². The summed E-state index contributed by atoms with van der Waals surface area (Å²) in [6.45, 7) is 4.39. The molecule has 0 saturated carbocycles. The van der Waals surface area contributed by atoms with Crippen molar-refractivity contribution in [3.63, 3.8) is 0 Å². The smallest absolute Gasteiger partial charge is 0.127 e. The van der Waals surface area contributed by atoms with Crippen molar-refractivity contribution in [1.82, 2.24) is 0 Å². The summed E-state index contributed by atoms with van der Waals surface area (Å²) in [5, 5.41) is 0. The van der Waals surface area contributed by atoms with Crippen LogP contribution in [0.2, 0.25) is 0 Å². The molecular formula is C16H17FO. The third-order valence-electron chi connectivity index (χ3n) is 2.62.